The summed E-state index contributed by atoms with van der Waals surface area (Å²) in [5.74, 6) is -2.77. The number of carbonyl (C=O) groups excluding carboxylic acids is 5. The Labute approximate surface area is 318 Å². The van der Waals surface area contributed by atoms with Gasteiger partial charge in [-0.25, -0.2) is 4.79 Å². The molecule has 1 aliphatic carbocycles. The first-order chi connectivity index (χ1) is 25.8. The van der Waals surface area contributed by atoms with E-state index in [0.29, 0.717) is 12.0 Å². The molecule has 5 N–H and O–H groups in total. The topological polar surface area (TPSA) is 175 Å². The monoisotopic (exact) mass is 759 g/mol. The lowest BCUT2D eigenvalue weighted by Gasteiger charge is -2.28. The predicted molar refractivity (Wildman–Crippen MR) is 206 cm³/mol. The quantitative estimate of drug-likeness (QED) is 0.155. The summed E-state index contributed by atoms with van der Waals surface area (Å²) in [6, 6.07) is 21.6. The van der Waals surface area contributed by atoms with Gasteiger partial charge in [-0.3, -0.25) is 24.1 Å². The number of aliphatic hydroxyl groups excluding tert-OH is 1. The van der Waals surface area contributed by atoms with Crippen LogP contribution in [0.3, 0.4) is 0 Å². The lowest BCUT2D eigenvalue weighted by Crippen LogP contribution is -2.55. The molecule has 0 radical (unpaired) electrons. The summed E-state index contributed by atoms with van der Waals surface area (Å²) in [5.41, 5.74) is 4.30. The fourth-order valence-corrected chi connectivity index (χ4v) is 7.27. The third kappa shape index (κ3) is 9.82. The Balaban J connectivity index is 1.23. The van der Waals surface area contributed by atoms with E-state index in [2.05, 4.69) is 42.6 Å². The van der Waals surface area contributed by atoms with Gasteiger partial charge in [0.15, 0.2) is 6.10 Å². The second-order valence-electron chi connectivity index (χ2n) is 14.5. The molecule has 1 fully saturated rings. The normalized spacial score (nSPS) is 18.1. The van der Waals surface area contributed by atoms with E-state index in [0.717, 1.165) is 22.3 Å². The van der Waals surface area contributed by atoms with Gasteiger partial charge in [0.05, 0.1) is 30.8 Å². The Morgan fingerprint density at radius 2 is 1.50 bits per heavy atom. The van der Waals surface area contributed by atoms with Gasteiger partial charge in [-0.1, -0.05) is 92.2 Å². The van der Waals surface area contributed by atoms with Crippen LogP contribution >= 0.6 is 9.39 Å². The molecule has 1 saturated heterocycles. The second-order valence-corrected chi connectivity index (χ2v) is 14.8. The highest BCUT2D eigenvalue weighted by atomic mass is 31.0. The van der Waals surface area contributed by atoms with Crippen LogP contribution in [-0.4, -0.2) is 89.3 Å². The number of likely N-dealkylation sites (tertiary alicyclic amines) is 1. The van der Waals surface area contributed by atoms with Crippen LogP contribution in [0.4, 0.5) is 4.79 Å². The number of rotatable bonds is 14. The average Bonchev–Trinajstić information content (AvgIpc) is 3.72. The minimum Gasteiger partial charge on any atom is -0.448 e. The molecule has 54 heavy (non-hydrogen) atoms. The van der Waals surface area contributed by atoms with Crippen LogP contribution in [-0.2, 0) is 28.7 Å². The lowest BCUT2D eigenvalue weighted by atomic mass is 9.98. The van der Waals surface area contributed by atoms with Gasteiger partial charge in [-0.15, -0.1) is 0 Å². The van der Waals surface area contributed by atoms with Crippen LogP contribution in [0.25, 0.3) is 11.1 Å². The molecule has 0 bridgehead atoms. The largest absolute Gasteiger partial charge is 0.448 e. The van der Waals surface area contributed by atoms with Gasteiger partial charge in [0.25, 0.3) is 5.91 Å². The SMILES string of the molecule is CCCC(NC(=O)[C@@H]1C[C@@H](OC(C)(C)C)CN1C(=O)OCC1c2ccccc2-c2ccccc21)C(O)C(=O)NCC(=O)N[C@H](C(=O)NP)c1ccccc1. The van der Waals surface area contributed by atoms with Crippen LogP contribution in [0.2, 0.25) is 0 Å². The number of nitrogens with one attached hydrogen (secondary N) is 4. The van der Waals surface area contributed by atoms with E-state index in [1.54, 1.807) is 30.3 Å². The third-order valence-electron chi connectivity index (χ3n) is 9.50. The van der Waals surface area contributed by atoms with E-state index >= 15 is 0 Å². The Morgan fingerprint density at radius 1 is 0.889 bits per heavy atom. The number of carbonyl (C=O) groups is 5. The number of amides is 5. The number of hydrogen-bond donors (Lipinski definition) is 5. The first-order valence-electron chi connectivity index (χ1n) is 18.2. The standard InChI is InChI=1S/C40H50N5O8P/c1-5-13-31(35(47)38(50)41-21-33(46)43-34(37(49)44-54)24-14-7-6-8-15-24)42-36(48)32-20-25(53-40(2,3)4)22-45(32)39(51)52-23-30-28-18-11-9-16-26(28)27-17-10-12-19-29(27)30/h6-12,14-19,25,30-32,34-35,47H,5,13,20-23,54H2,1-4H3,(H,41,50)(H,42,48)(H,43,46)(H,44,49)/t25-,31?,32+,34+,35?/m1/s1. The van der Waals surface area contributed by atoms with Crippen molar-refractivity contribution >= 4 is 39.1 Å². The van der Waals surface area contributed by atoms with Crippen molar-refractivity contribution in [3.05, 3.63) is 95.6 Å². The van der Waals surface area contributed by atoms with Crippen molar-refractivity contribution in [2.45, 2.75) is 88.8 Å². The number of nitrogens with zero attached hydrogens (tertiary/aromatic N) is 1. The molecular weight excluding hydrogens is 709 g/mol. The molecule has 5 amide bonds. The van der Waals surface area contributed by atoms with Crippen LogP contribution in [0.5, 0.6) is 0 Å². The fourth-order valence-electron chi connectivity index (χ4n) is 7.10. The molecule has 0 spiro atoms. The minimum absolute atomic E-state index is 0.0710. The average molecular weight is 760 g/mol. The van der Waals surface area contributed by atoms with Gasteiger partial charge < -0.3 is 35.6 Å². The van der Waals surface area contributed by atoms with E-state index in [9.17, 15) is 29.1 Å². The molecule has 3 aromatic carbocycles. The second kappa shape index (κ2) is 18.0. The van der Waals surface area contributed by atoms with Gasteiger partial charge >= 0.3 is 6.09 Å². The zero-order valence-corrected chi connectivity index (χ0v) is 32.2. The van der Waals surface area contributed by atoms with Crippen molar-refractivity contribution < 1.29 is 38.6 Å². The molecule has 1 heterocycles. The number of ether oxygens (including phenoxy) is 2. The van der Waals surface area contributed by atoms with Crippen molar-refractivity contribution in [1.82, 2.24) is 25.9 Å². The summed E-state index contributed by atoms with van der Waals surface area (Å²) in [6.45, 7) is 7.17. The summed E-state index contributed by atoms with van der Waals surface area (Å²) < 4.78 is 12.1. The predicted octanol–water partition coefficient (Wildman–Crippen LogP) is 3.72. The molecule has 14 heteroatoms. The number of benzene rings is 3. The zero-order valence-electron chi connectivity index (χ0n) is 31.0. The number of fused-ring (bicyclic) bond motifs is 3. The van der Waals surface area contributed by atoms with Gasteiger partial charge in [-0.2, -0.15) is 0 Å². The molecule has 0 saturated carbocycles. The molecule has 0 aromatic heterocycles. The molecule has 6 atom stereocenters. The maximum Gasteiger partial charge on any atom is 0.410 e. The van der Waals surface area contributed by atoms with Crippen molar-refractivity contribution in [3.8, 4) is 11.1 Å². The van der Waals surface area contributed by atoms with Crippen LogP contribution in [0.1, 0.15) is 75.6 Å². The van der Waals surface area contributed by atoms with Crippen molar-refractivity contribution in [1.29, 1.82) is 0 Å². The Kier molecular flexibility index (Phi) is 13.4. The highest BCUT2D eigenvalue weighted by Crippen LogP contribution is 2.44. The van der Waals surface area contributed by atoms with E-state index in [1.807, 2.05) is 64.1 Å². The summed E-state index contributed by atoms with van der Waals surface area (Å²) in [7, 11) is 2.09. The highest BCUT2D eigenvalue weighted by molar-refractivity contribution is 7.15. The van der Waals surface area contributed by atoms with Crippen molar-refractivity contribution in [2.24, 2.45) is 0 Å². The minimum atomic E-state index is -1.71. The van der Waals surface area contributed by atoms with Crippen molar-refractivity contribution in [2.75, 3.05) is 19.7 Å². The third-order valence-corrected chi connectivity index (χ3v) is 9.78. The fraction of sp³-hybridized carbons (Fsp3) is 0.425. The van der Waals surface area contributed by atoms with E-state index in [1.165, 1.54) is 4.90 Å². The first kappa shape index (κ1) is 40.3. The van der Waals surface area contributed by atoms with E-state index in [4.69, 9.17) is 9.47 Å². The summed E-state index contributed by atoms with van der Waals surface area (Å²) in [6.07, 6.45) is -1.93. The maximum atomic E-state index is 13.9. The van der Waals surface area contributed by atoms with E-state index in [-0.39, 0.29) is 31.9 Å². The smallest absolute Gasteiger partial charge is 0.410 e. The number of hydrogen-bond acceptors (Lipinski definition) is 8. The van der Waals surface area contributed by atoms with Gasteiger partial charge in [0, 0.05) is 12.3 Å². The first-order valence-corrected chi connectivity index (χ1v) is 18.8. The van der Waals surface area contributed by atoms with Gasteiger partial charge in [-0.05, 0) is 64.4 Å². The molecule has 3 unspecified atom stereocenters. The molecule has 3 aromatic rings. The van der Waals surface area contributed by atoms with Crippen LogP contribution < -0.4 is 21.0 Å². The highest BCUT2D eigenvalue weighted by Gasteiger charge is 2.44. The molecule has 288 valence electrons. The zero-order chi connectivity index (χ0) is 39.0. The van der Waals surface area contributed by atoms with Gasteiger partial charge in [0.1, 0.15) is 18.7 Å². The molecule has 1 aliphatic heterocycles. The molecular formula is C40H50N5O8P. The summed E-state index contributed by atoms with van der Waals surface area (Å²) in [4.78, 5) is 67.4. The Hall–Kier alpha value is -4.84. The van der Waals surface area contributed by atoms with Crippen LogP contribution in [0, 0.1) is 0 Å². The van der Waals surface area contributed by atoms with Crippen molar-refractivity contribution in [3.63, 3.8) is 0 Å². The maximum absolute atomic E-state index is 13.9. The molecule has 2 aliphatic rings. The Morgan fingerprint density at radius 3 is 2.09 bits per heavy atom. The van der Waals surface area contributed by atoms with E-state index < -0.39 is 72.2 Å². The molecule has 13 nitrogen and oxygen atoms in total. The number of aliphatic hydroxyl groups is 1. The van der Waals surface area contributed by atoms with Gasteiger partial charge in [0.2, 0.25) is 17.7 Å². The summed E-state index contributed by atoms with van der Waals surface area (Å²) >= 11 is 0. The summed E-state index contributed by atoms with van der Waals surface area (Å²) in [5, 5.41) is 21.3. The Bertz CT molecular complexity index is 1770. The molecule has 5 rings (SSSR count). The van der Waals surface area contributed by atoms with Crippen LogP contribution in [0.15, 0.2) is 78.9 Å². The lowest BCUT2D eigenvalue weighted by molar-refractivity contribution is -0.135.